The van der Waals surface area contributed by atoms with E-state index in [0.29, 0.717) is 26.1 Å². The van der Waals surface area contributed by atoms with E-state index in [4.69, 9.17) is 9.84 Å². The van der Waals surface area contributed by atoms with Crippen LogP contribution in [-0.4, -0.2) is 35.7 Å². The quantitative estimate of drug-likeness (QED) is 0.742. The van der Waals surface area contributed by atoms with Gasteiger partial charge >= 0.3 is 5.97 Å². The minimum atomic E-state index is -0.900. The van der Waals surface area contributed by atoms with Gasteiger partial charge in [-0.15, -0.1) is 0 Å². The third-order valence-electron chi connectivity index (χ3n) is 3.77. The first kappa shape index (κ1) is 14.1. The first-order valence-corrected chi connectivity index (χ1v) is 6.88. The Labute approximate surface area is 113 Å². The summed E-state index contributed by atoms with van der Waals surface area (Å²) in [4.78, 5) is 23.0. The van der Waals surface area contributed by atoms with Gasteiger partial charge in [-0.2, -0.15) is 0 Å². The molecule has 19 heavy (non-hydrogen) atoms. The van der Waals surface area contributed by atoms with Crippen molar-refractivity contribution in [1.82, 2.24) is 5.32 Å². The molecule has 0 aromatic heterocycles. The standard InChI is InChI=1S/C14H21NO4/c16-12(8-11-4-2-1-3-5-11)15-14(9-13(17)18)6-7-19-10-14/h4H,1-3,5-10H2,(H,15,16)(H,17,18). The van der Waals surface area contributed by atoms with Crippen LogP contribution >= 0.6 is 0 Å². The van der Waals surface area contributed by atoms with Crippen LogP contribution in [0.5, 0.6) is 0 Å². The van der Waals surface area contributed by atoms with E-state index >= 15 is 0 Å². The number of nitrogens with one attached hydrogen (secondary N) is 1. The van der Waals surface area contributed by atoms with Crippen LogP contribution in [0.3, 0.4) is 0 Å². The SMILES string of the molecule is O=C(O)CC1(NC(=O)CC2=CCCCC2)CCOC1. The molecule has 1 saturated heterocycles. The number of amides is 1. The molecule has 5 nitrogen and oxygen atoms in total. The lowest BCUT2D eigenvalue weighted by Crippen LogP contribution is -2.50. The van der Waals surface area contributed by atoms with Gasteiger partial charge in [0.1, 0.15) is 0 Å². The van der Waals surface area contributed by atoms with Gasteiger partial charge in [0.05, 0.1) is 18.6 Å². The molecule has 2 aliphatic rings. The maximum absolute atomic E-state index is 12.1. The summed E-state index contributed by atoms with van der Waals surface area (Å²) < 4.78 is 5.26. The fourth-order valence-electron chi connectivity index (χ4n) is 2.79. The van der Waals surface area contributed by atoms with Crippen LogP contribution in [0.15, 0.2) is 11.6 Å². The molecule has 0 bridgehead atoms. The summed E-state index contributed by atoms with van der Waals surface area (Å²) >= 11 is 0. The number of rotatable bonds is 5. The Hall–Kier alpha value is -1.36. The maximum atomic E-state index is 12.1. The summed E-state index contributed by atoms with van der Waals surface area (Å²) in [5.41, 5.74) is 0.464. The number of hydrogen-bond donors (Lipinski definition) is 2. The van der Waals surface area contributed by atoms with E-state index in [1.807, 2.05) is 0 Å². The Balaban J connectivity index is 1.91. The highest BCUT2D eigenvalue weighted by Crippen LogP contribution is 2.24. The molecule has 1 heterocycles. The summed E-state index contributed by atoms with van der Waals surface area (Å²) in [5.74, 6) is -0.984. The molecule has 1 fully saturated rings. The Morgan fingerprint density at radius 1 is 1.42 bits per heavy atom. The van der Waals surface area contributed by atoms with Crippen molar-refractivity contribution in [1.29, 1.82) is 0 Å². The Morgan fingerprint density at radius 3 is 2.84 bits per heavy atom. The first-order valence-electron chi connectivity index (χ1n) is 6.88. The van der Waals surface area contributed by atoms with Crippen molar-refractivity contribution in [3.05, 3.63) is 11.6 Å². The number of carboxylic acid groups (broad SMARTS) is 1. The van der Waals surface area contributed by atoms with Crippen molar-refractivity contribution in [3.63, 3.8) is 0 Å². The van der Waals surface area contributed by atoms with Gasteiger partial charge in [-0.3, -0.25) is 9.59 Å². The number of carboxylic acids is 1. The molecule has 0 aromatic rings. The second kappa shape index (κ2) is 6.19. The van der Waals surface area contributed by atoms with Crippen LogP contribution in [0.2, 0.25) is 0 Å². The number of allylic oxidation sites excluding steroid dienone is 1. The molecule has 0 saturated carbocycles. The molecule has 1 amide bonds. The normalized spacial score (nSPS) is 26.8. The van der Waals surface area contributed by atoms with Gasteiger partial charge < -0.3 is 15.2 Å². The number of aliphatic carboxylic acids is 1. The van der Waals surface area contributed by atoms with Crippen LogP contribution in [0, 0.1) is 0 Å². The first-order chi connectivity index (χ1) is 9.10. The minimum Gasteiger partial charge on any atom is -0.481 e. The van der Waals surface area contributed by atoms with Crippen LogP contribution in [0.25, 0.3) is 0 Å². The van der Waals surface area contributed by atoms with Gasteiger partial charge in [0.15, 0.2) is 0 Å². The van der Waals surface area contributed by atoms with Gasteiger partial charge in [0.2, 0.25) is 5.91 Å². The molecule has 0 aromatic carbocycles. The third-order valence-corrected chi connectivity index (χ3v) is 3.77. The van der Waals surface area contributed by atoms with E-state index in [1.165, 1.54) is 12.0 Å². The van der Waals surface area contributed by atoms with Crippen molar-refractivity contribution in [3.8, 4) is 0 Å². The summed E-state index contributed by atoms with van der Waals surface area (Å²) in [7, 11) is 0. The van der Waals surface area contributed by atoms with Gasteiger partial charge in [-0.25, -0.2) is 0 Å². The van der Waals surface area contributed by atoms with E-state index in [1.54, 1.807) is 0 Å². The summed E-state index contributed by atoms with van der Waals surface area (Å²) in [5, 5.41) is 11.8. The smallest absolute Gasteiger partial charge is 0.305 e. The number of hydrogen-bond acceptors (Lipinski definition) is 3. The highest BCUT2D eigenvalue weighted by molar-refractivity contribution is 5.80. The largest absolute Gasteiger partial charge is 0.481 e. The molecule has 0 radical (unpaired) electrons. The molecule has 1 atom stereocenters. The lowest BCUT2D eigenvalue weighted by Gasteiger charge is -2.27. The van der Waals surface area contributed by atoms with E-state index in [2.05, 4.69) is 11.4 Å². The number of ether oxygens (including phenoxy) is 1. The number of carbonyl (C=O) groups is 2. The van der Waals surface area contributed by atoms with Crippen molar-refractivity contribution >= 4 is 11.9 Å². The van der Waals surface area contributed by atoms with E-state index < -0.39 is 11.5 Å². The summed E-state index contributed by atoms with van der Waals surface area (Å²) in [6.07, 6.45) is 7.40. The second-order valence-electron chi connectivity index (χ2n) is 5.49. The van der Waals surface area contributed by atoms with Crippen LogP contribution in [-0.2, 0) is 14.3 Å². The van der Waals surface area contributed by atoms with Crippen molar-refractivity contribution in [2.75, 3.05) is 13.2 Å². The van der Waals surface area contributed by atoms with Crippen LogP contribution < -0.4 is 5.32 Å². The Morgan fingerprint density at radius 2 is 2.26 bits per heavy atom. The average molecular weight is 267 g/mol. The predicted molar refractivity (Wildman–Crippen MR) is 69.7 cm³/mol. The molecule has 2 rings (SSSR count). The lowest BCUT2D eigenvalue weighted by atomic mass is 9.92. The highest BCUT2D eigenvalue weighted by Gasteiger charge is 2.38. The predicted octanol–water partition coefficient (Wildman–Crippen LogP) is 1.63. The molecule has 1 aliphatic heterocycles. The van der Waals surface area contributed by atoms with Gasteiger partial charge in [-0.1, -0.05) is 11.6 Å². The van der Waals surface area contributed by atoms with E-state index in [-0.39, 0.29) is 12.3 Å². The van der Waals surface area contributed by atoms with Gasteiger partial charge in [0.25, 0.3) is 0 Å². The lowest BCUT2D eigenvalue weighted by molar-refractivity contribution is -0.139. The maximum Gasteiger partial charge on any atom is 0.305 e. The Kier molecular flexibility index (Phi) is 4.58. The fraction of sp³-hybridized carbons (Fsp3) is 0.714. The van der Waals surface area contributed by atoms with Gasteiger partial charge in [-0.05, 0) is 32.1 Å². The molecule has 5 heteroatoms. The molecule has 106 valence electrons. The monoisotopic (exact) mass is 267 g/mol. The van der Waals surface area contributed by atoms with E-state index in [0.717, 1.165) is 19.3 Å². The van der Waals surface area contributed by atoms with Crippen LogP contribution in [0.1, 0.15) is 44.9 Å². The molecular formula is C14H21NO4. The Bertz CT molecular complexity index is 383. The molecule has 0 spiro atoms. The van der Waals surface area contributed by atoms with Gasteiger partial charge in [0, 0.05) is 13.0 Å². The zero-order valence-electron chi connectivity index (χ0n) is 11.1. The molecular weight excluding hydrogens is 246 g/mol. The summed E-state index contributed by atoms with van der Waals surface area (Å²) in [6, 6.07) is 0. The van der Waals surface area contributed by atoms with Crippen molar-refractivity contribution in [2.45, 2.75) is 50.5 Å². The average Bonchev–Trinajstić information content (AvgIpc) is 2.77. The van der Waals surface area contributed by atoms with Crippen LogP contribution in [0.4, 0.5) is 0 Å². The zero-order chi connectivity index (χ0) is 13.7. The number of carbonyl (C=O) groups excluding carboxylic acids is 1. The molecule has 1 unspecified atom stereocenters. The third kappa shape index (κ3) is 4.06. The highest BCUT2D eigenvalue weighted by atomic mass is 16.5. The van der Waals surface area contributed by atoms with E-state index in [9.17, 15) is 9.59 Å². The van der Waals surface area contributed by atoms with Crippen molar-refractivity contribution < 1.29 is 19.4 Å². The second-order valence-corrected chi connectivity index (χ2v) is 5.49. The topological polar surface area (TPSA) is 75.6 Å². The molecule has 1 aliphatic carbocycles. The molecule has 2 N–H and O–H groups in total. The minimum absolute atomic E-state index is 0.0716. The summed E-state index contributed by atoms with van der Waals surface area (Å²) in [6.45, 7) is 0.806. The fourth-order valence-corrected chi connectivity index (χ4v) is 2.79. The van der Waals surface area contributed by atoms with Crippen molar-refractivity contribution in [2.24, 2.45) is 0 Å². The zero-order valence-corrected chi connectivity index (χ0v) is 11.1.